The summed E-state index contributed by atoms with van der Waals surface area (Å²) in [6, 6.07) is 0. The fourth-order valence-electron chi connectivity index (χ4n) is 1.97. The maximum absolute atomic E-state index is 3.58. The highest BCUT2D eigenvalue weighted by Gasteiger charge is 2.18. The predicted octanol–water partition coefficient (Wildman–Crippen LogP) is 1.02. The Balaban J connectivity index is 2.30. The zero-order chi connectivity index (χ0) is 10.2. The van der Waals surface area contributed by atoms with Gasteiger partial charge in [-0.1, -0.05) is 20.3 Å². The summed E-state index contributed by atoms with van der Waals surface area (Å²) in [6.07, 6.45) is 4.43. The van der Waals surface area contributed by atoms with Gasteiger partial charge in [-0.15, -0.1) is 0 Å². The number of hydrogen-bond acceptors (Lipinski definition) is 3. The minimum atomic E-state index is 0.565. The topological polar surface area (TPSA) is 27.3 Å². The van der Waals surface area contributed by atoms with Crippen LogP contribution in [0, 0.1) is 0 Å². The van der Waals surface area contributed by atoms with Gasteiger partial charge in [0.1, 0.15) is 0 Å². The molecule has 0 spiro atoms. The van der Waals surface area contributed by atoms with Crippen LogP contribution in [-0.4, -0.2) is 43.8 Å². The molecule has 1 unspecified atom stereocenters. The third-order valence-electron chi connectivity index (χ3n) is 2.77. The monoisotopic (exact) mass is 199 g/mol. The van der Waals surface area contributed by atoms with E-state index in [1.54, 1.807) is 0 Å². The van der Waals surface area contributed by atoms with Gasteiger partial charge in [0.25, 0.3) is 0 Å². The van der Waals surface area contributed by atoms with Gasteiger partial charge in [-0.25, -0.2) is 0 Å². The standard InChI is InChI=1S/C11H25N3/c1-3-5-9-14(8-4-2)11-10-12-6-7-13-11/h11-13H,3-10H2,1-2H3. The molecule has 3 heteroatoms. The molecular weight excluding hydrogens is 174 g/mol. The van der Waals surface area contributed by atoms with Crippen molar-refractivity contribution in [3.8, 4) is 0 Å². The van der Waals surface area contributed by atoms with Crippen molar-refractivity contribution in [3.63, 3.8) is 0 Å². The largest absolute Gasteiger partial charge is 0.313 e. The summed E-state index contributed by atoms with van der Waals surface area (Å²) in [6.45, 7) is 10.3. The molecule has 0 saturated carbocycles. The van der Waals surface area contributed by atoms with Crippen LogP contribution in [0.4, 0.5) is 0 Å². The molecule has 3 nitrogen and oxygen atoms in total. The van der Waals surface area contributed by atoms with Crippen molar-refractivity contribution in [1.82, 2.24) is 15.5 Å². The number of unbranched alkanes of at least 4 members (excludes halogenated alkanes) is 1. The fraction of sp³-hybridized carbons (Fsp3) is 1.00. The van der Waals surface area contributed by atoms with E-state index in [-0.39, 0.29) is 0 Å². The third-order valence-corrected chi connectivity index (χ3v) is 2.77. The third kappa shape index (κ3) is 3.95. The quantitative estimate of drug-likeness (QED) is 0.669. The fourth-order valence-corrected chi connectivity index (χ4v) is 1.97. The molecule has 0 aromatic heterocycles. The highest BCUT2D eigenvalue weighted by atomic mass is 15.3. The van der Waals surface area contributed by atoms with Crippen molar-refractivity contribution in [2.75, 3.05) is 32.7 Å². The molecule has 0 amide bonds. The van der Waals surface area contributed by atoms with E-state index in [1.165, 1.54) is 32.4 Å². The molecule has 1 atom stereocenters. The Bertz CT molecular complexity index is 132. The Morgan fingerprint density at radius 2 is 2.00 bits per heavy atom. The number of hydrogen-bond donors (Lipinski definition) is 2. The molecule has 1 aliphatic heterocycles. The molecule has 14 heavy (non-hydrogen) atoms. The summed E-state index contributed by atoms with van der Waals surface area (Å²) in [5.41, 5.74) is 0. The van der Waals surface area contributed by atoms with E-state index in [1.807, 2.05) is 0 Å². The molecule has 0 bridgehead atoms. The van der Waals surface area contributed by atoms with Crippen molar-refractivity contribution in [1.29, 1.82) is 0 Å². The number of piperazine rings is 1. The van der Waals surface area contributed by atoms with Crippen LogP contribution in [0.5, 0.6) is 0 Å². The maximum Gasteiger partial charge on any atom is 0.0726 e. The molecule has 1 saturated heterocycles. The predicted molar refractivity (Wildman–Crippen MR) is 61.4 cm³/mol. The lowest BCUT2D eigenvalue weighted by Crippen LogP contribution is -2.57. The average molecular weight is 199 g/mol. The first-order chi connectivity index (χ1) is 6.88. The Morgan fingerprint density at radius 3 is 2.57 bits per heavy atom. The summed E-state index contributed by atoms with van der Waals surface area (Å²) < 4.78 is 0. The van der Waals surface area contributed by atoms with E-state index in [0.717, 1.165) is 19.6 Å². The van der Waals surface area contributed by atoms with Crippen molar-refractivity contribution in [2.45, 2.75) is 39.3 Å². The lowest BCUT2D eigenvalue weighted by atomic mass is 10.2. The Labute approximate surface area is 88.2 Å². The summed E-state index contributed by atoms with van der Waals surface area (Å²) >= 11 is 0. The second-order valence-electron chi connectivity index (χ2n) is 4.06. The van der Waals surface area contributed by atoms with Gasteiger partial charge < -0.3 is 5.32 Å². The van der Waals surface area contributed by atoms with Gasteiger partial charge >= 0.3 is 0 Å². The second kappa shape index (κ2) is 7.21. The highest BCUT2D eigenvalue weighted by Crippen LogP contribution is 2.02. The summed E-state index contributed by atoms with van der Waals surface area (Å²) in [5.74, 6) is 0. The van der Waals surface area contributed by atoms with E-state index in [4.69, 9.17) is 0 Å². The van der Waals surface area contributed by atoms with E-state index in [9.17, 15) is 0 Å². The zero-order valence-electron chi connectivity index (χ0n) is 9.68. The van der Waals surface area contributed by atoms with Crippen molar-refractivity contribution in [3.05, 3.63) is 0 Å². The van der Waals surface area contributed by atoms with Gasteiger partial charge in [-0.2, -0.15) is 0 Å². The van der Waals surface area contributed by atoms with Crippen LogP contribution >= 0.6 is 0 Å². The van der Waals surface area contributed by atoms with Gasteiger partial charge in [0.05, 0.1) is 6.17 Å². The Hall–Kier alpha value is -0.120. The molecule has 1 aliphatic rings. The van der Waals surface area contributed by atoms with Gasteiger partial charge in [0, 0.05) is 19.6 Å². The average Bonchev–Trinajstić information content (AvgIpc) is 2.25. The molecule has 1 fully saturated rings. The first-order valence-electron chi connectivity index (χ1n) is 6.06. The molecule has 0 aliphatic carbocycles. The molecule has 0 aromatic rings. The second-order valence-corrected chi connectivity index (χ2v) is 4.06. The molecule has 0 radical (unpaired) electrons. The molecule has 1 rings (SSSR count). The van der Waals surface area contributed by atoms with Crippen LogP contribution in [-0.2, 0) is 0 Å². The SMILES string of the molecule is CCCCN(CCC)C1CNCCN1. The molecule has 84 valence electrons. The lowest BCUT2D eigenvalue weighted by Gasteiger charge is -2.35. The van der Waals surface area contributed by atoms with Crippen LogP contribution in [0.15, 0.2) is 0 Å². The molecule has 2 N–H and O–H groups in total. The lowest BCUT2D eigenvalue weighted by molar-refractivity contribution is 0.145. The first kappa shape index (κ1) is 12.0. The van der Waals surface area contributed by atoms with Gasteiger partial charge in [0.2, 0.25) is 0 Å². The van der Waals surface area contributed by atoms with Gasteiger partial charge in [-0.3, -0.25) is 10.2 Å². The minimum Gasteiger partial charge on any atom is -0.313 e. The van der Waals surface area contributed by atoms with E-state index >= 15 is 0 Å². The van der Waals surface area contributed by atoms with E-state index in [0.29, 0.717) is 6.17 Å². The van der Waals surface area contributed by atoms with Crippen LogP contribution in [0.1, 0.15) is 33.1 Å². The summed E-state index contributed by atoms with van der Waals surface area (Å²) in [4.78, 5) is 2.58. The van der Waals surface area contributed by atoms with Gasteiger partial charge in [-0.05, 0) is 25.9 Å². The first-order valence-corrected chi connectivity index (χ1v) is 6.06. The molecule has 1 heterocycles. The number of nitrogens with zero attached hydrogens (tertiary/aromatic N) is 1. The Kier molecular flexibility index (Phi) is 6.15. The van der Waals surface area contributed by atoms with E-state index in [2.05, 4.69) is 29.4 Å². The number of rotatable bonds is 6. The molecular formula is C11H25N3. The highest BCUT2D eigenvalue weighted by molar-refractivity contribution is 4.76. The van der Waals surface area contributed by atoms with Gasteiger partial charge in [0.15, 0.2) is 0 Å². The molecule has 0 aromatic carbocycles. The van der Waals surface area contributed by atoms with Crippen LogP contribution < -0.4 is 10.6 Å². The van der Waals surface area contributed by atoms with Crippen molar-refractivity contribution < 1.29 is 0 Å². The van der Waals surface area contributed by atoms with Crippen LogP contribution in [0.3, 0.4) is 0 Å². The van der Waals surface area contributed by atoms with Crippen LogP contribution in [0.2, 0.25) is 0 Å². The van der Waals surface area contributed by atoms with Crippen molar-refractivity contribution in [2.24, 2.45) is 0 Å². The summed E-state index contributed by atoms with van der Waals surface area (Å²) in [7, 11) is 0. The normalized spacial score (nSPS) is 22.9. The van der Waals surface area contributed by atoms with E-state index < -0.39 is 0 Å². The number of nitrogens with one attached hydrogen (secondary N) is 2. The maximum atomic E-state index is 3.58. The zero-order valence-corrected chi connectivity index (χ0v) is 9.68. The smallest absolute Gasteiger partial charge is 0.0726 e. The van der Waals surface area contributed by atoms with Crippen molar-refractivity contribution >= 4 is 0 Å². The summed E-state index contributed by atoms with van der Waals surface area (Å²) in [5, 5.41) is 7.02. The Morgan fingerprint density at radius 1 is 1.14 bits per heavy atom. The van der Waals surface area contributed by atoms with Crippen LogP contribution in [0.25, 0.3) is 0 Å². The minimum absolute atomic E-state index is 0.565.